The summed E-state index contributed by atoms with van der Waals surface area (Å²) >= 11 is 0. The Balaban J connectivity index is 3.36. The summed E-state index contributed by atoms with van der Waals surface area (Å²) in [6.45, 7) is 6.69. The van der Waals surface area contributed by atoms with Gasteiger partial charge in [0.05, 0.1) is 6.61 Å². The number of hydrogen-bond donors (Lipinski definition) is 1. The van der Waals surface area contributed by atoms with Crippen LogP contribution in [0.2, 0.25) is 0 Å². The second-order valence-corrected chi connectivity index (χ2v) is 8.31. The monoisotopic (exact) mass is 377 g/mol. The molecule has 0 aliphatic carbocycles. The fourth-order valence-electron chi connectivity index (χ4n) is 1.91. The van der Waals surface area contributed by atoms with Crippen molar-refractivity contribution in [2.24, 2.45) is 0 Å². The summed E-state index contributed by atoms with van der Waals surface area (Å²) < 4.78 is 32.8. The van der Waals surface area contributed by atoms with Crippen LogP contribution in [0.4, 0.5) is 4.79 Å². The van der Waals surface area contributed by atoms with E-state index < -0.39 is 31.1 Å². The van der Waals surface area contributed by atoms with Crippen LogP contribution in [0.1, 0.15) is 49.6 Å². The number of carbonyl (C=O) groups is 2. The Hall–Kier alpha value is -1.67. The molecule has 1 rings (SSSR count). The third-order valence-corrected chi connectivity index (χ3v) is 4.94. The first-order chi connectivity index (χ1) is 11.5. The van der Waals surface area contributed by atoms with Crippen LogP contribution in [-0.4, -0.2) is 48.2 Å². The van der Waals surface area contributed by atoms with E-state index in [-0.39, 0.29) is 17.9 Å². The summed E-state index contributed by atoms with van der Waals surface area (Å²) in [5.74, 6) is -2.49. The molecule has 0 saturated carbocycles. The fourth-order valence-corrected chi connectivity index (χ4v) is 2.96. The third-order valence-electron chi connectivity index (χ3n) is 3.02. The van der Waals surface area contributed by atoms with Crippen molar-refractivity contribution in [2.45, 2.75) is 39.1 Å². The van der Waals surface area contributed by atoms with Gasteiger partial charge in [-0.2, -0.15) is 0 Å². The maximum atomic E-state index is 12.3. The summed E-state index contributed by atoms with van der Waals surface area (Å²) in [7, 11) is -1.65. The summed E-state index contributed by atoms with van der Waals surface area (Å²) in [4.78, 5) is 24.4. The van der Waals surface area contributed by atoms with Gasteiger partial charge in [0.2, 0.25) is 0 Å². The molecule has 1 heterocycles. The molecule has 0 amide bonds. The number of nitrogens with zero attached hydrogens (tertiary/aromatic N) is 1. The minimum atomic E-state index is -3.88. The van der Waals surface area contributed by atoms with Gasteiger partial charge in [-0.3, -0.25) is 4.57 Å². The zero-order valence-electron chi connectivity index (χ0n) is 15.1. The van der Waals surface area contributed by atoms with Gasteiger partial charge in [0.15, 0.2) is 5.85 Å². The molecule has 0 aliphatic rings. The van der Waals surface area contributed by atoms with Gasteiger partial charge in [-0.15, -0.1) is 0 Å². The van der Waals surface area contributed by atoms with Crippen LogP contribution in [0.15, 0.2) is 12.3 Å². The van der Waals surface area contributed by atoms with Crippen LogP contribution >= 0.6 is 7.60 Å². The molecule has 0 saturated heterocycles. The number of ether oxygens (including phenoxy) is 2. The van der Waals surface area contributed by atoms with Gasteiger partial charge in [-0.05, 0) is 33.8 Å². The van der Waals surface area contributed by atoms with Gasteiger partial charge >= 0.3 is 19.7 Å². The Morgan fingerprint density at radius 2 is 1.84 bits per heavy atom. The van der Waals surface area contributed by atoms with Gasteiger partial charge in [0.1, 0.15) is 11.3 Å². The maximum Gasteiger partial charge on any atom is 0.419 e. The number of carbonyl (C=O) groups excluding carboxylic acids is 2. The standard InChI is InChI=1S/C15H24NO8P/c1-7-23-12(17)11-8-10(13(18)25(20,21-5)22-6)9-16(11)14(19)24-15(2,3)4/h8-9,13,18H,7H2,1-6H3. The summed E-state index contributed by atoms with van der Waals surface area (Å²) in [6.07, 6.45) is 0.286. The molecule has 0 bridgehead atoms. The van der Waals surface area contributed by atoms with E-state index >= 15 is 0 Å². The van der Waals surface area contributed by atoms with Crippen molar-refractivity contribution < 1.29 is 37.8 Å². The molecule has 10 heteroatoms. The highest BCUT2D eigenvalue weighted by atomic mass is 31.2. The van der Waals surface area contributed by atoms with E-state index in [9.17, 15) is 19.3 Å². The Morgan fingerprint density at radius 3 is 2.28 bits per heavy atom. The van der Waals surface area contributed by atoms with Crippen molar-refractivity contribution in [1.29, 1.82) is 0 Å². The highest BCUT2D eigenvalue weighted by Crippen LogP contribution is 2.58. The number of rotatable bonds is 6. The van der Waals surface area contributed by atoms with Crippen molar-refractivity contribution in [3.63, 3.8) is 0 Å². The van der Waals surface area contributed by atoms with Crippen molar-refractivity contribution in [3.05, 3.63) is 23.5 Å². The molecule has 0 aromatic carbocycles. The molecule has 25 heavy (non-hydrogen) atoms. The lowest BCUT2D eigenvalue weighted by atomic mass is 10.2. The first-order valence-electron chi connectivity index (χ1n) is 7.51. The predicted molar refractivity (Wildman–Crippen MR) is 88.6 cm³/mol. The molecule has 0 aliphatic heterocycles. The average molecular weight is 377 g/mol. The average Bonchev–Trinajstić information content (AvgIpc) is 2.97. The first-order valence-corrected chi connectivity index (χ1v) is 9.12. The van der Waals surface area contributed by atoms with E-state index in [1.807, 2.05) is 0 Å². The molecule has 9 nitrogen and oxygen atoms in total. The molecular formula is C15H24NO8P. The molecule has 142 valence electrons. The Kier molecular flexibility index (Phi) is 6.96. The third kappa shape index (κ3) is 5.15. The smallest absolute Gasteiger partial charge is 0.419 e. The maximum absolute atomic E-state index is 12.3. The zero-order valence-corrected chi connectivity index (χ0v) is 16.0. The van der Waals surface area contributed by atoms with Gasteiger partial charge in [-0.1, -0.05) is 0 Å². The minimum absolute atomic E-state index is 0.0130. The second kappa shape index (κ2) is 8.14. The molecule has 0 spiro atoms. The van der Waals surface area contributed by atoms with E-state index in [0.29, 0.717) is 0 Å². The van der Waals surface area contributed by atoms with Gasteiger partial charge in [-0.25, -0.2) is 14.2 Å². The molecule has 1 aromatic heterocycles. The van der Waals surface area contributed by atoms with E-state index in [1.165, 1.54) is 6.07 Å². The van der Waals surface area contributed by atoms with Crippen molar-refractivity contribution in [3.8, 4) is 0 Å². The number of hydrogen-bond acceptors (Lipinski definition) is 8. The summed E-state index contributed by atoms with van der Waals surface area (Å²) in [5.41, 5.74) is -0.995. The highest BCUT2D eigenvalue weighted by Gasteiger charge is 2.36. The fraction of sp³-hybridized carbons (Fsp3) is 0.600. The summed E-state index contributed by atoms with van der Waals surface area (Å²) in [5, 5.41) is 10.3. The molecule has 0 radical (unpaired) electrons. The van der Waals surface area contributed by atoms with E-state index in [4.69, 9.17) is 18.5 Å². The van der Waals surface area contributed by atoms with E-state index in [0.717, 1.165) is 25.0 Å². The van der Waals surface area contributed by atoms with E-state index in [1.54, 1.807) is 27.7 Å². The summed E-state index contributed by atoms with van der Waals surface area (Å²) in [6, 6.07) is 1.18. The van der Waals surface area contributed by atoms with E-state index in [2.05, 4.69) is 0 Å². The van der Waals surface area contributed by atoms with Crippen LogP contribution < -0.4 is 0 Å². The highest BCUT2D eigenvalue weighted by molar-refractivity contribution is 7.54. The lowest BCUT2D eigenvalue weighted by Gasteiger charge is -2.20. The Morgan fingerprint density at radius 1 is 1.28 bits per heavy atom. The van der Waals surface area contributed by atoms with Gasteiger partial charge < -0.3 is 23.6 Å². The van der Waals surface area contributed by atoms with Crippen LogP contribution in [0.3, 0.4) is 0 Å². The van der Waals surface area contributed by atoms with Crippen molar-refractivity contribution >= 4 is 19.7 Å². The topological polar surface area (TPSA) is 113 Å². The second-order valence-electron chi connectivity index (χ2n) is 6.01. The lowest BCUT2D eigenvalue weighted by Crippen LogP contribution is -2.28. The van der Waals surface area contributed by atoms with Gasteiger partial charge in [0.25, 0.3) is 0 Å². The molecule has 1 atom stereocenters. The number of esters is 1. The largest absolute Gasteiger partial charge is 0.461 e. The molecule has 1 N–H and O–H groups in total. The van der Waals surface area contributed by atoms with Crippen molar-refractivity contribution in [2.75, 3.05) is 20.8 Å². The first kappa shape index (κ1) is 21.4. The molecular weight excluding hydrogens is 353 g/mol. The lowest BCUT2D eigenvalue weighted by molar-refractivity contribution is 0.0449. The molecule has 1 unspecified atom stereocenters. The normalized spacial score (nSPS) is 13.4. The Bertz CT molecular complexity index is 668. The number of aliphatic hydroxyl groups excluding tert-OH is 1. The Labute approximate surface area is 146 Å². The molecule has 1 aromatic rings. The van der Waals surface area contributed by atoms with Crippen LogP contribution in [0, 0.1) is 0 Å². The predicted octanol–water partition coefficient (Wildman–Crippen LogP) is 2.92. The van der Waals surface area contributed by atoms with Crippen LogP contribution in [0.25, 0.3) is 0 Å². The van der Waals surface area contributed by atoms with Crippen LogP contribution in [-0.2, 0) is 23.1 Å². The number of aromatic nitrogens is 1. The van der Waals surface area contributed by atoms with Gasteiger partial charge in [0, 0.05) is 26.0 Å². The number of aliphatic hydroxyl groups is 1. The minimum Gasteiger partial charge on any atom is -0.461 e. The SMILES string of the molecule is CCOC(=O)c1cc(C(O)P(=O)(OC)OC)cn1C(=O)OC(C)(C)C. The quantitative estimate of drug-likeness (QED) is 0.595. The van der Waals surface area contributed by atoms with Crippen molar-refractivity contribution in [1.82, 2.24) is 4.57 Å². The molecule has 0 fully saturated rings. The van der Waals surface area contributed by atoms with Crippen LogP contribution in [0.5, 0.6) is 0 Å². The zero-order chi connectivity index (χ0) is 19.4.